The summed E-state index contributed by atoms with van der Waals surface area (Å²) in [6.07, 6.45) is 5.05. The molecule has 1 rings (SSSR count). The van der Waals surface area contributed by atoms with Crippen molar-refractivity contribution in [3.8, 4) is 18.1 Å². The fourth-order valence-corrected chi connectivity index (χ4v) is 1.49. The summed E-state index contributed by atoms with van der Waals surface area (Å²) in [6, 6.07) is 4.02. The van der Waals surface area contributed by atoms with Crippen molar-refractivity contribution in [1.29, 1.82) is 0 Å². The molecule has 1 amide bonds. The second-order valence-electron chi connectivity index (χ2n) is 3.92. The van der Waals surface area contributed by atoms with E-state index in [0.717, 1.165) is 22.4 Å². The Labute approximate surface area is 102 Å². The molecule has 0 saturated carbocycles. The van der Waals surface area contributed by atoms with E-state index in [1.165, 1.54) is 0 Å². The third-order valence-corrected chi connectivity index (χ3v) is 2.61. The number of rotatable bonds is 4. The van der Waals surface area contributed by atoms with E-state index in [4.69, 9.17) is 11.2 Å². The highest BCUT2D eigenvalue weighted by Gasteiger charge is 2.08. The van der Waals surface area contributed by atoms with Crippen LogP contribution in [-0.4, -0.2) is 19.1 Å². The number of carbonyl (C=O) groups is 1. The maximum absolute atomic E-state index is 11.4. The van der Waals surface area contributed by atoms with Crippen LogP contribution in [0.15, 0.2) is 12.1 Å². The van der Waals surface area contributed by atoms with Crippen LogP contribution in [0.25, 0.3) is 0 Å². The molecule has 0 fully saturated rings. The summed E-state index contributed by atoms with van der Waals surface area (Å²) in [5, 5.41) is 2.56. The van der Waals surface area contributed by atoms with Crippen LogP contribution >= 0.6 is 0 Å². The van der Waals surface area contributed by atoms with Gasteiger partial charge in [0.1, 0.15) is 5.75 Å². The number of aryl methyl sites for hydroxylation is 2. The average molecular weight is 231 g/mol. The SMILES string of the molecule is C#CCNC(=O)COc1c(C)ccc(C)c1C. The molecule has 3 nitrogen and oxygen atoms in total. The zero-order valence-corrected chi connectivity index (χ0v) is 10.5. The lowest BCUT2D eigenvalue weighted by Gasteiger charge is -2.13. The molecule has 0 saturated heterocycles. The van der Waals surface area contributed by atoms with Gasteiger partial charge in [-0.25, -0.2) is 0 Å². The van der Waals surface area contributed by atoms with Gasteiger partial charge in [0.15, 0.2) is 6.61 Å². The van der Waals surface area contributed by atoms with Gasteiger partial charge in [-0.05, 0) is 37.5 Å². The molecular formula is C14H17NO2. The van der Waals surface area contributed by atoms with Gasteiger partial charge >= 0.3 is 0 Å². The highest BCUT2D eigenvalue weighted by molar-refractivity contribution is 5.77. The van der Waals surface area contributed by atoms with Crippen LogP contribution in [0.5, 0.6) is 5.75 Å². The van der Waals surface area contributed by atoms with Crippen molar-refractivity contribution >= 4 is 5.91 Å². The van der Waals surface area contributed by atoms with Gasteiger partial charge in [-0.2, -0.15) is 0 Å². The Hall–Kier alpha value is -1.95. The van der Waals surface area contributed by atoms with Gasteiger partial charge in [0.05, 0.1) is 6.54 Å². The normalized spacial score (nSPS) is 9.53. The van der Waals surface area contributed by atoms with Gasteiger partial charge < -0.3 is 10.1 Å². The fourth-order valence-electron chi connectivity index (χ4n) is 1.49. The third-order valence-electron chi connectivity index (χ3n) is 2.61. The van der Waals surface area contributed by atoms with Crippen LogP contribution in [0.4, 0.5) is 0 Å². The first kappa shape index (κ1) is 13.1. The zero-order chi connectivity index (χ0) is 12.8. The second kappa shape index (κ2) is 5.95. The van der Waals surface area contributed by atoms with Gasteiger partial charge in [0.2, 0.25) is 0 Å². The Morgan fingerprint density at radius 2 is 2.00 bits per heavy atom. The maximum atomic E-state index is 11.4. The minimum absolute atomic E-state index is 0.00713. The van der Waals surface area contributed by atoms with Crippen LogP contribution in [0.3, 0.4) is 0 Å². The topological polar surface area (TPSA) is 38.3 Å². The van der Waals surface area contributed by atoms with Crippen molar-refractivity contribution in [2.45, 2.75) is 20.8 Å². The first-order valence-electron chi connectivity index (χ1n) is 5.46. The number of ether oxygens (including phenoxy) is 1. The summed E-state index contributed by atoms with van der Waals surface area (Å²) in [5.74, 6) is 2.91. The summed E-state index contributed by atoms with van der Waals surface area (Å²) in [5.41, 5.74) is 3.24. The Kier molecular flexibility index (Phi) is 4.59. The molecule has 0 bridgehead atoms. The number of amides is 1. The Bertz CT molecular complexity index is 458. The number of hydrogen-bond donors (Lipinski definition) is 1. The molecule has 1 aromatic rings. The van der Waals surface area contributed by atoms with Gasteiger partial charge in [-0.3, -0.25) is 4.79 Å². The lowest BCUT2D eigenvalue weighted by atomic mass is 10.1. The predicted octanol–water partition coefficient (Wildman–Crippen LogP) is 1.74. The van der Waals surface area contributed by atoms with Crippen molar-refractivity contribution < 1.29 is 9.53 Å². The minimum atomic E-state index is -0.205. The lowest BCUT2D eigenvalue weighted by molar-refractivity contribution is -0.122. The molecule has 17 heavy (non-hydrogen) atoms. The van der Waals surface area contributed by atoms with E-state index >= 15 is 0 Å². The van der Waals surface area contributed by atoms with Crippen LogP contribution in [0.1, 0.15) is 16.7 Å². The van der Waals surface area contributed by atoms with Gasteiger partial charge in [0.25, 0.3) is 5.91 Å². The smallest absolute Gasteiger partial charge is 0.258 e. The van der Waals surface area contributed by atoms with Crippen molar-refractivity contribution in [2.24, 2.45) is 0 Å². The quantitative estimate of drug-likeness (QED) is 0.802. The summed E-state index contributed by atoms with van der Waals surface area (Å²) in [4.78, 5) is 11.4. The minimum Gasteiger partial charge on any atom is -0.483 e. The molecule has 0 aliphatic carbocycles. The van der Waals surface area contributed by atoms with Gasteiger partial charge in [0, 0.05) is 0 Å². The number of carbonyl (C=O) groups excluding carboxylic acids is 1. The molecule has 1 aromatic carbocycles. The summed E-state index contributed by atoms with van der Waals surface area (Å²) in [6.45, 7) is 6.18. The largest absolute Gasteiger partial charge is 0.483 e. The standard InChI is InChI=1S/C14H17NO2/c1-5-8-15-13(16)9-17-14-11(3)7-6-10(2)12(14)4/h1,6-7H,8-9H2,2-4H3,(H,15,16). The number of terminal acetylenes is 1. The molecule has 3 heteroatoms. The van der Waals surface area contributed by atoms with E-state index in [-0.39, 0.29) is 19.1 Å². The van der Waals surface area contributed by atoms with E-state index in [1.54, 1.807) is 0 Å². The van der Waals surface area contributed by atoms with Crippen molar-refractivity contribution in [1.82, 2.24) is 5.32 Å². The summed E-state index contributed by atoms with van der Waals surface area (Å²) in [7, 11) is 0. The van der Waals surface area contributed by atoms with E-state index in [0.29, 0.717) is 0 Å². The number of hydrogen-bond acceptors (Lipinski definition) is 2. The van der Waals surface area contributed by atoms with Crippen LogP contribution < -0.4 is 10.1 Å². The van der Waals surface area contributed by atoms with E-state index < -0.39 is 0 Å². The lowest BCUT2D eigenvalue weighted by Crippen LogP contribution is -2.29. The Morgan fingerprint density at radius 3 is 2.65 bits per heavy atom. The zero-order valence-electron chi connectivity index (χ0n) is 10.5. The first-order valence-corrected chi connectivity index (χ1v) is 5.46. The molecule has 0 heterocycles. The molecular weight excluding hydrogens is 214 g/mol. The molecule has 0 atom stereocenters. The second-order valence-corrected chi connectivity index (χ2v) is 3.92. The maximum Gasteiger partial charge on any atom is 0.258 e. The van der Waals surface area contributed by atoms with Crippen LogP contribution in [-0.2, 0) is 4.79 Å². The number of benzene rings is 1. The first-order chi connectivity index (χ1) is 8.06. The highest BCUT2D eigenvalue weighted by atomic mass is 16.5. The van der Waals surface area contributed by atoms with Gasteiger partial charge in [-0.15, -0.1) is 6.42 Å². The van der Waals surface area contributed by atoms with E-state index in [2.05, 4.69) is 11.2 Å². The Balaban J connectivity index is 2.67. The molecule has 90 valence electrons. The van der Waals surface area contributed by atoms with Crippen molar-refractivity contribution in [2.75, 3.05) is 13.2 Å². The van der Waals surface area contributed by atoms with E-state index in [9.17, 15) is 4.79 Å². The summed E-state index contributed by atoms with van der Waals surface area (Å²) >= 11 is 0. The predicted molar refractivity (Wildman–Crippen MR) is 68.0 cm³/mol. The third kappa shape index (κ3) is 3.53. The highest BCUT2D eigenvalue weighted by Crippen LogP contribution is 2.25. The Morgan fingerprint density at radius 1 is 1.35 bits per heavy atom. The molecule has 1 N–H and O–H groups in total. The van der Waals surface area contributed by atoms with E-state index in [1.807, 2.05) is 32.9 Å². The monoisotopic (exact) mass is 231 g/mol. The number of nitrogens with one attached hydrogen (secondary N) is 1. The summed E-state index contributed by atoms with van der Waals surface area (Å²) < 4.78 is 5.53. The molecule has 0 spiro atoms. The molecule has 0 aliphatic heterocycles. The average Bonchev–Trinajstić information content (AvgIpc) is 2.31. The molecule has 0 unspecified atom stereocenters. The molecule has 0 radical (unpaired) electrons. The van der Waals surface area contributed by atoms with Crippen LogP contribution in [0.2, 0.25) is 0 Å². The van der Waals surface area contributed by atoms with Crippen molar-refractivity contribution in [3.63, 3.8) is 0 Å². The van der Waals surface area contributed by atoms with Crippen LogP contribution in [0, 0.1) is 33.1 Å². The van der Waals surface area contributed by atoms with Crippen molar-refractivity contribution in [3.05, 3.63) is 28.8 Å². The fraction of sp³-hybridized carbons (Fsp3) is 0.357. The van der Waals surface area contributed by atoms with Gasteiger partial charge in [-0.1, -0.05) is 18.1 Å². The molecule has 0 aromatic heterocycles. The molecule has 0 aliphatic rings.